The molecular formula is C11H13ClN2O3. The highest BCUT2D eigenvalue weighted by Crippen LogP contribution is 2.22. The lowest BCUT2D eigenvalue weighted by atomic mass is 10.1. The van der Waals surface area contributed by atoms with Gasteiger partial charge in [0.05, 0.1) is 13.2 Å². The van der Waals surface area contributed by atoms with E-state index in [2.05, 4.69) is 4.74 Å². The lowest BCUT2D eigenvalue weighted by Gasteiger charge is -2.27. The van der Waals surface area contributed by atoms with Crippen LogP contribution in [0.5, 0.6) is 0 Å². The zero-order chi connectivity index (χ0) is 12.3. The first-order valence-corrected chi connectivity index (χ1v) is 5.60. The maximum Gasteiger partial charge on any atom is 0.404 e. The fraction of sp³-hybridized carbons (Fsp3) is 0.364. The monoisotopic (exact) mass is 256 g/mol. The molecule has 1 aliphatic heterocycles. The molecule has 1 aromatic rings. The number of carbonyl (C=O) groups excluding carboxylic acids is 1. The fourth-order valence-corrected chi connectivity index (χ4v) is 1.87. The van der Waals surface area contributed by atoms with Gasteiger partial charge in [-0.05, 0) is 23.3 Å². The van der Waals surface area contributed by atoms with Crippen LogP contribution in [-0.2, 0) is 22.7 Å². The first-order chi connectivity index (χ1) is 8.15. The van der Waals surface area contributed by atoms with Gasteiger partial charge in [-0.3, -0.25) is 4.84 Å². The van der Waals surface area contributed by atoms with Crippen molar-refractivity contribution in [2.24, 2.45) is 5.73 Å². The third-order valence-electron chi connectivity index (χ3n) is 2.50. The van der Waals surface area contributed by atoms with Crippen molar-refractivity contribution in [3.8, 4) is 0 Å². The molecule has 0 bridgehead atoms. The number of benzene rings is 1. The van der Waals surface area contributed by atoms with E-state index < -0.39 is 6.09 Å². The van der Waals surface area contributed by atoms with Crippen LogP contribution in [0.3, 0.4) is 0 Å². The molecule has 0 aliphatic carbocycles. The van der Waals surface area contributed by atoms with Crippen LogP contribution < -0.4 is 5.73 Å². The Kier molecular flexibility index (Phi) is 3.83. The molecular weight excluding hydrogens is 244 g/mol. The molecule has 0 atom stereocenters. The number of hydroxylamine groups is 2. The second-order valence-corrected chi connectivity index (χ2v) is 4.15. The van der Waals surface area contributed by atoms with Crippen LogP contribution in [0.4, 0.5) is 4.79 Å². The summed E-state index contributed by atoms with van der Waals surface area (Å²) in [6.07, 6.45) is -0.769. The van der Waals surface area contributed by atoms with Crippen LogP contribution in [0.15, 0.2) is 18.2 Å². The van der Waals surface area contributed by atoms with E-state index in [0.717, 1.165) is 5.56 Å². The van der Waals surface area contributed by atoms with E-state index in [1.54, 1.807) is 5.06 Å². The SMILES string of the molecule is NC(=O)OCCN1Cc2ccc(Cl)cc2CO1. The van der Waals surface area contributed by atoms with Gasteiger partial charge in [0, 0.05) is 11.6 Å². The molecule has 1 aromatic carbocycles. The van der Waals surface area contributed by atoms with Gasteiger partial charge >= 0.3 is 6.09 Å². The summed E-state index contributed by atoms with van der Waals surface area (Å²) in [5, 5.41) is 2.44. The highest BCUT2D eigenvalue weighted by Gasteiger charge is 2.17. The van der Waals surface area contributed by atoms with Crippen molar-refractivity contribution in [2.45, 2.75) is 13.2 Å². The highest BCUT2D eigenvalue weighted by atomic mass is 35.5. The number of carbonyl (C=O) groups is 1. The fourth-order valence-electron chi connectivity index (χ4n) is 1.67. The van der Waals surface area contributed by atoms with E-state index in [0.29, 0.717) is 24.7 Å². The topological polar surface area (TPSA) is 64.8 Å². The van der Waals surface area contributed by atoms with Crippen molar-refractivity contribution >= 4 is 17.7 Å². The summed E-state index contributed by atoms with van der Waals surface area (Å²) >= 11 is 5.89. The number of nitrogens with two attached hydrogens (primary N) is 1. The second-order valence-electron chi connectivity index (χ2n) is 3.72. The summed E-state index contributed by atoms with van der Waals surface area (Å²) in [7, 11) is 0. The highest BCUT2D eigenvalue weighted by molar-refractivity contribution is 6.30. The lowest BCUT2D eigenvalue weighted by Crippen LogP contribution is -2.32. The van der Waals surface area contributed by atoms with Crippen LogP contribution in [0, 0.1) is 0 Å². The van der Waals surface area contributed by atoms with Crippen molar-refractivity contribution in [3.63, 3.8) is 0 Å². The molecule has 0 unspecified atom stereocenters. The third kappa shape index (κ3) is 3.33. The molecule has 6 heteroatoms. The summed E-state index contributed by atoms with van der Waals surface area (Å²) in [5.74, 6) is 0. The number of amides is 1. The molecule has 5 nitrogen and oxygen atoms in total. The summed E-state index contributed by atoms with van der Waals surface area (Å²) in [6.45, 7) is 1.84. The maximum atomic E-state index is 10.4. The van der Waals surface area contributed by atoms with Crippen LogP contribution in [-0.4, -0.2) is 24.3 Å². The summed E-state index contributed by atoms with van der Waals surface area (Å²) in [4.78, 5) is 15.9. The molecule has 2 rings (SSSR count). The minimum absolute atomic E-state index is 0.220. The molecule has 0 saturated heterocycles. The molecule has 1 aliphatic rings. The van der Waals surface area contributed by atoms with Crippen molar-refractivity contribution in [3.05, 3.63) is 34.3 Å². The first-order valence-electron chi connectivity index (χ1n) is 5.22. The van der Waals surface area contributed by atoms with Crippen molar-refractivity contribution < 1.29 is 14.4 Å². The Morgan fingerprint density at radius 3 is 3.12 bits per heavy atom. The maximum absolute atomic E-state index is 10.4. The van der Waals surface area contributed by atoms with E-state index >= 15 is 0 Å². The number of ether oxygens (including phenoxy) is 1. The number of halogens is 1. The molecule has 1 heterocycles. The molecule has 0 spiro atoms. The Balaban J connectivity index is 1.90. The zero-order valence-corrected chi connectivity index (χ0v) is 9.94. The quantitative estimate of drug-likeness (QED) is 0.894. The summed E-state index contributed by atoms with van der Waals surface area (Å²) in [6, 6.07) is 5.72. The number of primary amides is 1. The van der Waals surface area contributed by atoms with E-state index in [4.69, 9.17) is 22.2 Å². The Labute approximate surface area is 104 Å². The van der Waals surface area contributed by atoms with Crippen LogP contribution >= 0.6 is 11.6 Å². The standard InChI is InChI=1S/C11H13ClN2O3/c12-10-2-1-8-6-14(3-4-16-11(13)15)17-7-9(8)5-10/h1-2,5H,3-4,6-7H2,(H2,13,15). The molecule has 17 heavy (non-hydrogen) atoms. The van der Waals surface area contributed by atoms with E-state index in [1.807, 2.05) is 18.2 Å². The summed E-state index contributed by atoms with van der Waals surface area (Å²) < 4.78 is 4.65. The molecule has 0 aromatic heterocycles. The van der Waals surface area contributed by atoms with Gasteiger partial charge in [-0.2, -0.15) is 5.06 Å². The smallest absolute Gasteiger partial charge is 0.404 e. The molecule has 0 saturated carbocycles. The molecule has 0 radical (unpaired) electrons. The predicted molar refractivity (Wildman–Crippen MR) is 62.2 cm³/mol. The average Bonchev–Trinajstić information content (AvgIpc) is 2.29. The largest absolute Gasteiger partial charge is 0.448 e. The Morgan fingerprint density at radius 2 is 2.35 bits per heavy atom. The van der Waals surface area contributed by atoms with Gasteiger partial charge in [-0.25, -0.2) is 4.79 Å². The minimum Gasteiger partial charge on any atom is -0.448 e. The van der Waals surface area contributed by atoms with E-state index in [-0.39, 0.29) is 6.61 Å². The van der Waals surface area contributed by atoms with E-state index in [9.17, 15) is 4.79 Å². The van der Waals surface area contributed by atoms with Crippen molar-refractivity contribution in [1.82, 2.24) is 5.06 Å². The van der Waals surface area contributed by atoms with Gasteiger partial charge in [-0.15, -0.1) is 0 Å². The summed E-state index contributed by atoms with van der Waals surface area (Å²) in [5.41, 5.74) is 7.12. The number of nitrogens with zero attached hydrogens (tertiary/aromatic N) is 1. The number of rotatable bonds is 3. The Hall–Kier alpha value is -1.30. The van der Waals surface area contributed by atoms with Crippen molar-refractivity contribution in [1.29, 1.82) is 0 Å². The van der Waals surface area contributed by atoms with Crippen molar-refractivity contribution in [2.75, 3.05) is 13.2 Å². The average molecular weight is 257 g/mol. The van der Waals surface area contributed by atoms with Crippen LogP contribution in [0.25, 0.3) is 0 Å². The molecule has 2 N–H and O–H groups in total. The van der Waals surface area contributed by atoms with Gasteiger partial charge in [0.1, 0.15) is 6.61 Å². The Morgan fingerprint density at radius 1 is 1.53 bits per heavy atom. The number of hydrogen-bond donors (Lipinski definition) is 1. The molecule has 92 valence electrons. The van der Waals surface area contributed by atoms with Gasteiger partial charge in [-0.1, -0.05) is 17.7 Å². The first kappa shape index (κ1) is 12.2. The lowest BCUT2D eigenvalue weighted by molar-refractivity contribution is -0.190. The third-order valence-corrected chi connectivity index (χ3v) is 2.74. The zero-order valence-electron chi connectivity index (χ0n) is 9.19. The second kappa shape index (κ2) is 5.35. The predicted octanol–water partition coefficient (Wildman–Crippen LogP) is 1.68. The van der Waals surface area contributed by atoms with E-state index in [1.165, 1.54) is 5.56 Å². The normalized spacial score (nSPS) is 15.4. The molecule has 1 amide bonds. The molecule has 0 fully saturated rings. The van der Waals surface area contributed by atoms with Gasteiger partial charge in [0.2, 0.25) is 0 Å². The van der Waals surface area contributed by atoms with Crippen LogP contribution in [0.1, 0.15) is 11.1 Å². The van der Waals surface area contributed by atoms with Gasteiger partial charge in [0.15, 0.2) is 0 Å². The van der Waals surface area contributed by atoms with Gasteiger partial charge < -0.3 is 10.5 Å². The number of hydrogen-bond acceptors (Lipinski definition) is 4. The van der Waals surface area contributed by atoms with Gasteiger partial charge in [0.25, 0.3) is 0 Å². The minimum atomic E-state index is -0.769. The van der Waals surface area contributed by atoms with Crippen LogP contribution in [0.2, 0.25) is 5.02 Å². The Bertz CT molecular complexity index is 425. The number of fused-ring (bicyclic) bond motifs is 1.